The van der Waals surface area contributed by atoms with E-state index in [-0.39, 0.29) is 6.10 Å². The van der Waals surface area contributed by atoms with Crippen LogP contribution in [0.4, 0.5) is 0 Å². The standard InChI is InChI=1S/C14H16BrN3O2S/c15-12-6-2-1-5-11(12)13-16-18(14(21)20-13)9-17-7-3-4-10(19)8-17/h1-2,5-6,10,19H,3-4,7-9H2/t10-/m1/s1. The van der Waals surface area contributed by atoms with Gasteiger partial charge in [-0.05, 0) is 53.1 Å². The first kappa shape index (κ1) is 14.9. The molecule has 0 spiro atoms. The summed E-state index contributed by atoms with van der Waals surface area (Å²) in [5, 5.41) is 14.2. The van der Waals surface area contributed by atoms with Gasteiger partial charge in [0.2, 0.25) is 5.89 Å². The molecule has 7 heteroatoms. The molecule has 2 aromatic rings. The van der Waals surface area contributed by atoms with Gasteiger partial charge >= 0.3 is 0 Å². The first-order valence-corrected chi connectivity index (χ1v) is 8.07. The summed E-state index contributed by atoms with van der Waals surface area (Å²) in [4.78, 5) is 2.48. The van der Waals surface area contributed by atoms with Gasteiger partial charge in [0.15, 0.2) is 0 Å². The summed E-state index contributed by atoms with van der Waals surface area (Å²) in [5.74, 6) is 0.505. The van der Waals surface area contributed by atoms with Gasteiger partial charge in [-0.3, -0.25) is 4.90 Å². The van der Waals surface area contributed by atoms with Crippen LogP contribution in [0.1, 0.15) is 12.8 Å². The lowest BCUT2D eigenvalue weighted by molar-refractivity contribution is 0.0509. The Morgan fingerprint density at radius 1 is 1.43 bits per heavy atom. The van der Waals surface area contributed by atoms with Crippen LogP contribution in [-0.2, 0) is 6.67 Å². The molecule has 1 atom stereocenters. The third kappa shape index (κ3) is 3.42. The van der Waals surface area contributed by atoms with Gasteiger partial charge in [-0.15, -0.1) is 5.10 Å². The highest BCUT2D eigenvalue weighted by Crippen LogP contribution is 2.26. The van der Waals surface area contributed by atoms with E-state index in [1.165, 1.54) is 0 Å². The van der Waals surface area contributed by atoms with Gasteiger partial charge in [0.05, 0.1) is 18.3 Å². The van der Waals surface area contributed by atoms with Crippen molar-refractivity contribution in [1.82, 2.24) is 14.7 Å². The molecule has 0 amide bonds. The van der Waals surface area contributed by atoms with Crippen LogP contribution in [0, 0.1) is 4.84 Å². The number of hydrogen-bond acceptors (Lipinski definition) is 5. The van der Waals surface area contributed by atoms with Crippen molar-refractivity contribution in [3.05, 3.63) is 33.6 Å². The van der Waals surface area contributed by atoms with Crippen LogP contribution >= 0.6 is 28.1 Å². The third-order valence-corrected chi connectivity index (χ3v) is 4.51. The molecule has 0 bridgehead atoms. The summed E-state index contributed by atoms with van der Waals surface area (Å²) in [5.41, 5.74) is 0.876. The van der Waals surface area contributed by atoms with E-state index in [2.05, 4.69) is 25.9 Å². The van der Waals surface area contributed by atoms with Gasteiger partial charge in [0.1, 0.15) is 0 Å². The zero-order valence-electron chi connectivity index (χ0n) is 11.4. The van der Waals surface area contributed by atoms with Crippen molar-refractivity contribution in [3.63, 3.8) is 0 Å². The molecule has 0 aliphatic carbocycles. The number of β-amino-alcohol motifs (C(OH)–C–C–N with tert-alkyl or cyclic N) is 1. The minimum Gasteiger partial charge on any atom is -0.409 e. The molecule has 0 radical (unpaired) electrons. The van der Waals surface area contributed by atoms with Crippen molar-refractivity contribution in [2.24, 2.45) is 0 Å². The Kier molecular flexibility index (Phi) is 4.54. The number of aromatic nitrogens is 2. The van der Waals surface area contributed by atoms with Gasteiger partial charge in [-0.2, -0.15) is 0 Å². The van der Waals surface area contributed by atoms with Crippen LogP contribution in [0.3, 0.4) is 0 Å². The van der Waals surface area contributed by atoms with Crippen molar-refractivity contribution >= 4 is 28.1 Å². The second-order valence-corrected chi connectivity index (χ2v) is 6.37. The van der Waals surface area contributed by atoms with Crippen LogP contribution in [0.25, 0.3) is 11.5 Å². The zero-order valence-corrected chi connectivity index (χ0v) is 13.8. The molecular formula is C14H16BrN3O2S. The molecule has 0 unspecified atom stereocenters. The Hall–Kier alpha value is -1.02. The lowest BCUT2D eigenvalue weighted by Crippen LogP contribution is -2.39. The van der Waals surface area contributed by atoms with E-state index in [9.17, 15) is 5.11 Å². The summed E-state index contributed by atoms with van der Waals surface area (Å²) in [7, 11) is 0. The zero-order chi connectivity index (χ0) is 14.8. The number of hydrogen-bond donors (Lipinski definition) is 1. The van der Waals surface area contributed by atoms with E-state index in [0.717, 1.165) is 29.4 Å². The largest absolute Gasteiger partial charge is 0.409 e. The lowest BCUT2D eigenvalue weighted by atomic mass is 10.1. The Labute approximate surface area is 136 Å². The van der Waals surface area contributed by atoms with Crippen LogP contribution in [0.2, 0.25) is 0 Å². The molecule has 5 nitrogen and oxygen atoms in total. The summed E-state index contributed by atoms with van der Waals surface area (Å²) < 4.78 is 8.18. The molecule has 21 heavy (non-hydrogen) atoms. The minimum atomic E-state index is -0.262. The Morgan fingerprint density at radius 3 is 3.00 bits per heavy atom. The van der Waals surface area contributed by atoms with Crippen molar-refractivity contribution in [1.29, 1.82) is 0 Å². The number of rotatable bonds is 3. The Morgan fingerprint density at radius 2 is 2.24 bits per heavy atom. The highest BCUT2D eigenvalue weighted by Gasteiger charge is 2.19. The van der Waals surface area contributed by atoms with Crippen LogP contribution < -0.4 is 0 Å². The number of nitrogens with zero attached hydrogens (tertiary/aromatic N) is 3. The SMILES string of the molecule is O[C@@H]1CCCN(Cn2nc(-c3ccccc3Br)oc2=S)C1. The van der Waals surface area contributed by atoms with Crippen LogP contribution in [0.5, 0.6) is 0 Å². The molecule has 2 heterocycles. The number of aliphatic hydroxyl groups excluding tert-OH is 1. The fourth-order valence-electron chi connectivity index (χ4n) is 2.49. The van der Waals surface area contributed by atoms with E-state index < -0.39 is 0 Å². The van der Waals surface area contributed by atoms with Gasteiger partial charge in [0.25, 0.3) is 4.84 Å². The van der Waals surface area contributed by atoms with Crippen LogP contribution in [0.15, 0.2) is 33.2 Å². The van der Waals surface area contributed by atoms with Crippen molar-refractivity contribution in [2.45, 2.75) is 25.6 Å². The fraction of sp³-hybridized carbons (Fsp3) is 0.429. The number of halogens is 1. The quantitative estimate of drug-likeness (QED) is 0.842. The predicted molar refractivity (Wildman–Crippen MR) is 85.3 cm³/mol. The Balaban J connectivity index is 1.82. The fourth-order valence-corrected chi connectivity index (χ4v) is 3.12. The maximum atomic E-state index is 9.72. The maximum Gasteiger partial charge on any atom is 0.288 e. The molecule has 0 saturated carbocycles. The van der Waals surface area contributed by atoms with Crippen molar-refractivity contribution in [3.8, 4) is 11.5 Å². The normalized spacial score (nSPS) is 19.8. The van der Waals surface area contributed by atoms with Gasteiger partial charge in [-0.25, -0.2) is 4.68 Å². The molecule has 112 valence electrons. The average molecular weight is 370 g/mol. The van der Waals surface area contributed by atoms with Crippen molar-refractivity contribution < 1.29 is 9.52 Å². The third-order valence-electron chi connectivity index (χ3n) is 3.53. The summed E-state index contributed by atoms with van der Waals surface area (Å²) >= 11 is 8.73. The monoisotopic (exact) mass is 369 g/mol. The van der Waals surface area contributed by atoms with E-state index in [1.54, 1.807) is 4.68 Å². The molecule has 1 aromatic heterocycles. The summed E-state index contributed by atoms with van der Waals surface area (Å²) in [6.45, 7) is 2.14. The van der Waals surface area contributed by atoms with Crippen LogP contribution in [-0.4, -0.2) is 39.0 Å². The Bertz CT molecular complexity index is 685. The molecule has 1 fully saturated rings. The van der Waals surface area contributed by atoms with Gasteiger partial charge in [-0.1, -0.05) is 12.1 Å². The van der Waals surface area contributed by atoms with E-state index in [4.69, 9.17) is 16.6 Å². The number of likely N-dealkylation sites (tertiary alicyclic amines) is 1. The van der Waals surface area contributed by atoms with E-state index in [0.29, 0.717) is 23.9 Å². The number of benzene rings is 1. The van der Waals surface area contributed by atoms with E-state index in [1.807, 2.05) is 24.3 Å². The second-order valence-electron chi connectivity index (χ2n) is 5.17. The van der Waals surface area contributed by atoms with Gasteiger partial charge in [0, 0.05) is 17.6 Å². The number of piperidine rings is 1. The molecule has 1 N–H and O–H groups in total. The molecule has 3 rings (SSSR count). The molecule has 1 aliphatic rings. The predicted octanol–water partition coefficient (Wildman–Crippen LogP) is 3.05. The highest BCUT2D eigenvalue weighted by molar-refractivity contribution is 9.10. The molecule has 1 aromatic carbocycles. The highest BCUT2D eigenvalue weighted by atomic mass is 79.9. The second kappa shape index (κ2) is 6.39. The maximum absolute atomic E-state index is 9.72. The summed E-state index contributed by atoms with van der Waals surface area (Å²) in [6.07, 6.45) is 1.59. The summed E-state index contributed by atoms with van der Waals surface area (Å²) in [6, 6.07) is 7.74. The molecule has 1 saturated heterocycles. The van der Waals surface area contributed by atoms with E-state index >= 15 is 0 Å². The molecular weight excluding hydrogens is 354 g/mol. The average Bonchev–Trinajstić information content (AvgIpc) is 2.80. The smallest absolute Gasteiger partial charge is 0.288 e. The lowest BCUT2D eigenvalue weighted by Gasteiger charge is -2.29. The number of aliphatic hydroxyl groups is 1. The topological polar surface area (TPSA) is 54.4 Å². The first-order valence-electron chi connectivity index (χ1n) is 6.87. The van der Waals surface area contributed by atoms with Crippen molar-refractivity contribution in [2.75, 3.05) is 13.1 Å². The first-order chi connectivity index (χ1) is 10.1. The minimum absolute atomic E-state index is 0.262. The van der Waals surface area contributed by atoms with Gasteiger partial charge < -0.3 is 9.52 Å². The molecule has 1 aliphatic heterocycles.